The molecule has 0 saturated heterocycles. The van der Waals surface area contributed by atoms with Crippen LogP contribution in [0.4, 0.5) is 0 Å². The van der Waals surface area contributed by atoms with Crippen LogP contribution in [0.25, 0.3) is 0 Å². The van der Waals surface area contributed by atoms with Gasteiger partial charge in [-0.15, -0.1) is 12.3 Å². The Labute approximate surface area is 69.0 Å². The van der Waals surface area contributed by atoms with Crippen LogP contribution in [-0.4, -0.2) is 24.3 Å². The van der Waals surface area contributed by atoms with Crippen LogP contribution in [0.15, 0.2) is 0 Å². The molecular formula is C9H17NO. The molecule has 0 aliphatic heterocycles. The Hall–Kier alpha value is -0.520. The fraction of sp³-hybridized carbons (Fsp3) is 0.778. The van der Waals surface area contributed by atoms with Gasteiger partial charge < -0.3 is 10.4 Å². The largest absolute Gasteiger partial charge is 0.396 e. The first-order chi connectivity index (χ1) is 5.20. The Morgan fingerprint density at radius 1 is 1.55 bits per heavy atom. The normalized spacial score (nSPS) is 15.5. The number of nitrogens with one attached hydrogen (secondary N) is 1. The van der Waals surface area contributed by atoms with Crippen LogP contribution in [0.2, 0.25) is 0 Å². The summed E-state index contributed by atoms with van der Waals surface area (Å²) in [4.78, 5) is 0. The minimum Gasteiger partial charge on any atom is -0.396 e. The minimum atomic E-state index is 0.232. The second-order valence-corrected chi connectivity index (χ2v) is 3.01. The highest BCUT2D eigenvalue weighted by atomic mass is 16.3. The van der Waals surface area contributed by atoms with Gasteiger partial charge >= 0.3 is 0 Å². The van der Waals surface area contributed by atoms with Crippen molar-refractivity contribution in [3.8, 4) is 12.3 Å². The predicted octanol–water partition coefficient (Wildman–Crippen LogP) is 0.616. The fourth-order valence-corrected chi connectivity index (χ4v) is 0.716. The number of aliphatic hydroxyl groups excluding tert-OH is 1. The molecule has 0 heterocycles. The summed E-state index contributed by atoms with van der Waals surface area (Å²) in [5, 5.41) is 11.9. The van der Waals surface area contributed by atoms with Crippen molar-refractivity contribution in [2.24, 2.45) is 5.92 Å². The lowest BCUT2D eigenvalue weighted by Crippen LogP contribution is -2.31. The molecule has 0 bridgehead atoms. The summed E-state index contributed by atoms with van der Waals surface area (Å²) in [6, 6.07) is 0.356. The Morgan fingerprint density at radius 2 is 2.18 bits per heavy atom. The molecule has 0 aliphatic carbocycles. The van der Waals surface area contributed by atoms with Crippen molar-refractivity contribution in [3.63, 3.8) is 0 Å². The van der Waals surface area contributed by atoms with E-state index in [1.54, 1.807) is 0 Å². The summed E-state index contributed by atoms with van der Waals surface area (Å²) >= 11 is 0. The van der Waals surface area contributed by atoms with E-state index in [-0.39, 0.29) is 6.61 Å². The van der Waals surface area contributed by atoms with Gasteiger partial charge in [-0.3, -0.25) is 0 Å². The molecule has 0 aromatic rings. The molecule has 2 unspecified atom stereocenters. The van der Waals surface area contributed by atoms with Gasteiger partial charge in [0, 0.05) is 25.6 Å². The van der Waals surface area contributed by atoms with E-state index in [0.717, 1.165) is 13.0 Å². The predicted molar refractivity (Wildman–Crippen MR) is 47.2 cm³/mol. The van der Waals surface area contributed by atoms with Crippen molar-refractivity contribution in [2.75, 3.05) is 13.2 Å². The van der Waals surface area contributed by atoms with E-state index < -0.39 is 0 Å². The Bertz CT molecular complexity index is 128. The number of terminal acetylenes is 1. The van der Waals surface area contributed by atoms with Crippen LogP contribution in [0.5, 0.6) is 0 Å². The molecular weight excluding hydrogens is 138 g/mol. The van der Waals surface area contributed by atoms with E-state index in [9.17, 15) is 0 Å². The SMILES string of the molecule is C#CCC(C)NCC(C)CO. The van der Waals surface area contributed by atoms with E-state index in [1.165, 1.54) is 0 Å². The standard InChI is InChI=1S/C9H17NO/c1-4-5-9(3)10-6-8(2)7-11/h1,8-11H,5-7H2,2-3H3. The van der Waals surface area contributed by atoms with Gasteiger partial charge in [0.1, 0.15) is 0 Å². The smallest absolute Gasteiger partial charge is 0.0468 e. The second-order valence-electron chi connectivity index (χ2n) is 3.01. The molecule has 0 aliphatic rings. The highest BCUT2D eigenvalue weighted by Gasteiger charge is 2.02. The monoisotopic (exact) mass is 155 g/mol. The Balaban J connectivity index is 3.31. The van der Waals surface area contributed by atoms with Crippen molar-refractivity contribution in [3.05, 3.63) is 0 Å². The summed E-state index contributed by atoms with van der Waals surface area (Å²) in [6.45, 7) is 5.11. The third-order valence-electron chi connectivity index (χ3n) is 1.55. The van der Waals surface area contributed by atoms with Crippen LogP contribution in [-0.2, 0) is 0 Å². The lowest BCUT2D eigenvalue weighted by Gasteiger charge is -2.13. The first kappa shape index (κ1) is 10.5. The van der Waals surface area contributed by atoms with Crippen LogP contribution < -0.4 is 5.32 Å². The molecule has 2 heteroatoms. The summed E-state index contributed by atoms with van der Waals surface area (Å²) in [5.74, 6) is 2.90. The van der Waals surface area contributed by atoms with Gasteiger partial charge in [-0.1, -0.05) is 6.92 Å². The summed E-state index contributed by atoms with van der Waals surface area (Å²) in [5.41, 5.74) is 0. The molecule has 0 amide bonds. The number of rotatable bonds is 5. The number of hydrogen-bond donors (Lipinski definition) is 2. The van der Waals surface area contributed by atoms with E-state index in [1.807, 2.05) is 13.8 Å². The second kappa shape index (κ2) is 6.21. The fourth-order valence-electron chi connectivity index (χ4n) is 0.716. The third kappa shape index (κ3) is 5.90. The van der Waals surface area contributed by atoms with E-state index >= 15 is 0 Å². The molecule has 2 N–H and O–H groups in total. The number of hydrogen-bond acceptors (Lipinski definition) is 2. The molecule has 0 fully saturated rings. The molecule has 64 valence electrons. The van der Waals surface area contributed by atoms with E-state index in [4.69, 9.17) is 11.5 Å². The molecule has 0 spiro atoms. The lowest BCUT2D eigenvalue weighted by atomic mass is 10.1. The minimum absolute atomic E-state index is 0.232. The van der Waals surface area contributed by atoms with Gasteiger partial charge in [0.25, 0.3) is 0 Å². The molecule has 0 radical (unpaired) electrons. The summed E-state index contributed by atoms with van der Waals surface area (Å²) in [6.07, 6.45) is 5.88. The Kier molecular flexibility index (Phi) is 5.91. The van der Waals surface area contributed by atoms with Gasteiger partial charge in [-0.25, -0.2) is 0 Å². The molecule has 0 saturated carbocycles. The van der Waals surface area contributed by atoms with Gasteiger partial charge in [-0.2, -0.15) is 0 Å². The quantitative estimate of drug-likeness (QED) is 0.570. The van der Waals surface area contributed by atoms with Gasteiger partial charge in [0.15, 0.2) is 0 Å². The molecule has 2 atom stereocenters. The van der Waals surface area contributed by atoms with Gasteiger partial charge in [-0.05, 0) is 12.8 Å². The molecule has 0 aromatic heterocycles. The van der Waals surface area contributed by atoms with Gasteiger partial charge in [0.2, 0.25) is 0 Å². The van der Waals surface area contributed by atoms with Crippen molar-refractivity contribution >= 4 is 0 Å². The molecule has 0 rings (SSSR count). The van der Waals surface area contributed by atoms with Crippen molar-refractivity contribution < 1.29 is 5.11 Å². The molecule has 2 nitrogen and oxygen atoms in total. The van der Waals surface area contributed by atoms with Crippen LogP contribution in [0.3, 0.4) is 0 Å². The lowest BCUT2D eigenvalue weighted by molar-refractivity contribution is 0.231. The zero-order chi connectivity index (χ0) is 8.69. The molecule has 11 heavy (non-hydrogen) atoms. The van der Waals surface area contributed by atoms with Crippen LogP contribution >= 0.6 is 0 Å². The van der Waals surface area contributed by atoms with E-state index in [2.05, 4.69) is 11.2 Å². The maximum atomic E-state index is 8.70. The summed E-state index contributed by atoms with van der Waals surface area (Å²) in [7, 11) is 0. The van der Waals surface area contributed by atoms with E-state index in [0.29, 0.717) is 12.0 Å². The topological polar surface area (TPSA) is 32.3 Å². The first-order valence-electron chi connectivity index (χ1n) is 3.98. The molecule has 0 aromatic carbocycles. The third-order valence-corrected chi connectivity index (χ3v) is 1.55. The van der Waals surface area contributed by atoms with Crippen molar-refractivity contribution in [1.29, 1.82) is 0 Å². The van der Waals surface area contributed by atoms with Crippen LogP contribution in [0, 0.1) is 18.3 Å². The number of aliphatic hydroxyl groups is 1. The van der Waals surface area contributed by atoms with Gasteiger partial charge in [0.05, 0.1) is 0 Å². The summed E-state index contributed by atoms with van der Waals surface area (Å²) < 4.78 is 0. The first-order valence-corrected chi connectivity index (χ1v) is 3.98. The average molecular weight is 155 g/mol. The Morgan fingerprint density at radius 3 is 2.64 bits per heavy atom. The zero-order valence-corrected chi connectivity index (χ0v) is 7.30. The maximum absolute atomic E-state index is 8.70. The van der Waals surface area contributed by atoms with Crippen molar-refractivity contribution in [2.45, 2.75) is 26.3 Å². The maximum Gasteiger partial charge on any atom is 0.0468 e. The van der Waals surface area contributed by atoms with Crippen LogP contribution in [0.1, 0.15) is 20.3 Å². The average Bonchev–Trinajstić information content (AvgIpc) is 2.01. The highest BCUT2D eigenvalue weighted by Crippen LogP contribution is 1.92. The van der Waals surface area contributed by atoms with Crippen molar-refractivity contribution in [1.82, 2.24) is 5.32 Å². The highest BCUT2D eigenvalue weighted by molar-refractivity contribution is 4.88. The zero-order valence-electron chi connectivity index (χ0n) is 7.30.